The molecule has 0 saturated carbocycles. The first-order chi connectivity index (χ1) is 14.3. The second kappa shape index (κ2) is 9.70. The summed E-state index contributed by atoms with van der Waals surface area (Å²) in [4.78, 5) is 48.4. The predicted octanol–water partition coefficient (Wildman–Crippen LogP) is -1.26. The van der Waals surface area contributed by atoms with Crippen molar-refractivity contribution in [1.29, 1.82) is 0 Å². The van der Waals surface area contributed by atoms with E-state index in [1.165, 1.54) is 44.9 Å². The number of β-lactam (4-membered cyclic amide) rings is 1. The Morgan fingerprint density at radius 3 is 2.83 bits per heavy atom. The zero-order valence-corrected chi connectivity index (χ0v) is 18.3. The Morgan fingerprint density at radius 2 is 2.17 bits per heavy atom. The SMILES string of the molecule is CSCC(=O)NC1C(=O)N2C(C(=O)O)=C(CSc3nnnn3CCC(N)=O)CSC12. The smallest absolute Gasteiger partial charge is 0.352 e. The summed E-state index contributed by atoms with van der Waals surface area (Å²) >= 11 is 3.95. The predicted molar refractivity (Wildman–Crippen MR) is 110 cm³/mol. The van der Waals surface area contributed by atoms with Gasteiger partial charge in [-0.1, -0.05) is 11.8 Å². The minimum atomic E-state index is -1.20. The monoisotopic (exact) mass is 473 g/mol. The number of hydrogen-bond acceptors (Lipinski definition) is 10. The van der Waals surface area contributed by atoms with Crippen LogP contribution in [0.3, 0.4) is 0 Å². The molecule has 3 rings (SSSR count). The lowest BCUT2D eigenvalue weighted by atomic mass is 10.0. The van der Waals surface area contributed by atoms with E-state index < -0.39 is 29.2 Å². The minimum Gasteiger partial charge on any atom is -0.477 e. The van der Waals surface area contributed by atoms with Crippen LogP contribution in [0.2, 0.25) is 0 Å². The molecule has 162 valence electrons. The Kier molecular flexibility index (Phi) is 7.25. The Morgan fingerprint density at radius 1 is 1.40 bits per heavy atom. The number of thioether (sulfide) groups is 3. The van der Waals surface area contributed by atoms with Crippen molar-refractivity contribution < 1.29 is 24.3 Å². The van der Waals surface area contributed by atoms with Crippen LogP contribution in [0.1, 0.15) is 6.42 Å². The molecule has 15 heteroatoms. The van der Waals surface area contributed by atoms with Gasteiger partial charge in [0.05, 0.1) is 12.3 Å². The number of aliphatic carboxylic acids is 1. The third-order valence-electron chi connectivity index (χ3n) is 4.29. The van der Waals surface area contributed by atoms with Crippen molar-refractivity contribution in [2.75, 3.05) is 23.5 Å². The van der Waals surface area contributed by atoms with Crippen LogP contribution in [0.5, 0.6) is 0 Å². The quantitative estimate of drug-likeness (QED) is 0.273. The van der Waals surface area contributed by atoms with E-state index in [1.807, 2.05) is 0 Å². The highest BCUT2D eigenvalue weighted by Crippen LogP contribution is 2.41. The number of nitrogens with two attached hydrogens (primary N) is 1. The van der Waals surface area contributed by atoms with Crippen molar-refractivity contribution in [1.82, 2.24) is 30.4 Å². The van der Waals surface area contributed by atoms with Crippen LogP contribution in [0.25, 0.3) is 0 Å². The van der Waals surface area contributed by atoms with Crippen molar-refractivity contribution in [3.63, 3.8) is 0 Å². The molecule has 1 saturated heterocycles. The van der Waals surface area contributed by atoms with Gasteiger partial charge >= 0.3 is 5.97 Å². The van der Waals surface area contributed by atoms with Crippen LogP contribution < -0.4 is 11.1 Å². The van der Waals surface area contributed by atoms with Crippen LogP contribution in [-0.2, 0) is 25.7 Å². The van der Waals surface area contributed by atoms with Gasteiger partial charge in [-0.15, -0.1) is 16.9 Å². The molecule has 2 aliphatic heterocycles. The number of carboxylic acids is 1. The summed E-state index contributed by atoms with van der Waals surface area (Å²) in [6, 6.07) is -0.723. The molecule has 1 aromatic rings. The van der Waals surface area contributed by atoms with Gasteiger partial charge in [0, 0.05) is 17.9 Å². The summed E-state index contributed by atoms with van der Waals surface area (Å²) in [7, 11) is 0. The number of fused-ring (bicyclic) bond motifs is 1. The van der Waals surface area contributed by atoms with Gasteiger partial charge in [0.15, 0.2) is 0 Å². The van der Waals surface area contributed by atoms with Gasteiger partial charge in [-0.05, 0) is 22.3 Å². The molecule has 3 amide bonds. The highest BCUT2D eigenvalue weighted by Gasteiger charge is 2.54. The molecule has 0 bridgehead atoms. The normalized spacial score (nSPS) is 20.6. The second-order valence-corrected chi connectivity index (χ2v) is 9.25. The summed E-state index contributed by atoms with van der Waals surface area (Å²) in [5.74, 6) is -1.50. The van der Waals surface area contributed by atoms with E-state index in [-0.39, 0.29) is 36.1 Å². The van der Waals surface area contributed by atoms with Crippen LogP contribution in [-0.4, -0.2) is 88.8 Å². The van der Waals surface area contributed by atoms with Crippen LogP contribution >= 0.6 is 35.3 Å². The van der Waals surface area contributed by atoms with Gasteiger partial charge in [0.2, 0.25) is 17.0 Å². The fourth-order valence-corrected chi connectivity index (χ4v) is 5.68. The molecule has 1 aromatic heterocycles. The first-order valence-corrected chi connectivity index (χ1v) is 12.1. The molecule has 1 fully saturated rings. The summed E-state index contributed by atoms with van der Waals surface area (Å²) in [6.45, 7) is 0.217. The minimum absolute atomic E-state index is 0.0669. The van der Waals surface area contributed by atoms with Gasteiger partial charge in [-0.3, -0.25) is 19.3 Å². The summed E-state index contributed by atoms with van der Waals surface area (Å²) in [5, 5.41) is 23.6. The molecular weight excluding hydrogens is 454 g/mol. The number of aryl methyl sites for hydroxylation is 1. The molecule has 2 atom stereocenters. The zero-order valence-electron chi connectivity index (χ0n) is 15.8. The summed E-state index contributed by atoms with van der Waals surface area (Å²) in [6.07, 6.45) is 1.86. The zero-order chi connectivity index (χ0) is 21.8. The number of rotatable bonds is 10. The van der Waals surface area contributed by atoms with E-state index in [2.05, 4.69) is 20.8 Å². The Hall–Kier alpha value is -2.26. The molecule has 2 aliphatic rings. The number of carbonyl (C=O) groups excluding carboxylic acids is 3. The molecular formula is C15H19N7O5S3. The van der Waals surface area contributed by atoms with Gasteiger partial charge in [0.1, 0.15) is 17.1 Å². The number of nitrogens with zero attached hydrogens (tertiary/aromatic N) is 5. The largest absolute Gasteiger partial charge is 0.477 e. The maximum atomic E-state index is 12.5. The molecule has 30 heavy (non-hydrogen) atoms. The molecule has 12 nitrogen and oxygen atoms in total. The van der Waals surface area contributed by atoms with Gasteiger partial charge < -0.3 is 16.2 Å². The summed E-state index contributed by atoms with van der Waals surface area (Å²) < 4.78 is 1.42. The maximum absolute atomic E-state index is 12.5. The van der Waals surface area contributed by atoms with E-state index in [0.717, 1.165) is 0 Å². The van der Waals surface area contributed by atoms with Gasteiger partial charge in [-0.2, -0.15) is 11.8 Å². The van der Waals surface area contributed by atoms with Crippen LogP contribution in [0, 0.1) is 0 Å². The lowest BCUT2D eigenvalue weighted by molar-refractivity contribution is -0.150. The third kappa shape index (κ3) is 4.73. The van der Waals surface area contributed by atoms with E-state index in [1.54, 1.807) is 6.26 Å². The molecule has 0 radical (unpaired) electrons. The Balaban J connectivity index is 1.70. The number of amides is 3. The van der Waals surface area contributed by atoms with Crippen molar-refractivity contribution >= 4 is 59.0 Å². The molecule has 0 aromatic carbocycles. The van der Waals surface area contributed by atoms with E-state index >= 15 is 0 Å². The average Bonchev–Trinajstić information content (AvgIpc) is 3.15. The van der Waals surface area contributed by atoms with E-state index in [4.69, 9.17) is 5.73 Å². The van der Waals surface area contributed by atoms with Crippen molar-refractivity contribution in [2.45, 2.75) is 29.5 Å². The van der Waals surface area contributed by atoms with Crippen molar-refractivity contribution in [3.05, 3.63) is 11.3 Å². The number of aromatic nitrogens is 4. The Bertz CT molecular complexity index is 905. The maximum Gasteiger partial charge on any atom is 0.352 e. The number of hydrogen-bond donors (Lipinski definition) is 3. The topological polar surface area (TPSA) is 173 Å². The molecule has 0 aliphatic carbocycles. The lowest BCUT2D eigenvalue weighted by Gasteiger charge is -2.49. The second-order valence-electron chi connectivity index (χ2n) is 6.33. The fraction of sp³-hybridized carbons (Fsp3) is 0.533. The molecule has 3 heterocycles. The number of carbonyl (C=O) groups is 4. The van der Waals surface area contributed by atoms with Gasteiger partial charge in [0.25, 0.3) is 5.91 Å². The number of carboxylic acid groups (broad SMARTS) is 1. The molecule has 0 spiro atoms. The standard InChI is InChI=1S/C15H19N7O5S3/c1-28-6-9(24)17-10-12(25)22-11(14(26)27)7(4-29-13(10)22)5-30-15-18-19-20-21(15)3-2-8(16)23/h10,13H,2-6H2,1H3,(H2,16,23)(H,17,24)(H,26,27). The van der Waals surface area contributed by atoms with Crippen molar-refractivity contribution in [2.24, 2.45) is 5.73 Å². The molecule has 4 N–H and O–H groups in total. The fourth-order valence-electron chi connectivity index (χ4n) is 2.95. The summed E-state index contributed by atoms with van der Waals surface area (Å²) in [5.41, 5.74) is 5.63. The number of tetrazole rings is 1. The van der Waals surface area contributed by atoms with Crippen LogP contribution in [0.15, 0.2) is 16.4 Å². The lowest BCUT2D eigenvalue weighted by Crippen LogP contribution is -2.70. The Labute approximate surface area is 183 Å². The third-order valence-corrected chi connectivity index (χ3v) is 7.22. The number of primary amides is 1. The molecule has 2 unspecified atom stereocenters. The first-order valence-electron chi connectivity index (χ1n) is 8.69. The van der Waals surface area contributed by atoms with Gasteiger partial charge in [-0.25, -0.2) is 9.48 Å². The highest BCUT2D eigenvalue weighted by molar-refractivity contribution is 8.01. The van der Waals surface area contributed by atoms with Crippen LogP contribution in [0.4, 0.5) is 0 Å². The van der Waals surface area contributed by atoms with E-state index in [9.17, 15) is 24.3 Å². The number of nitrogens with one attached hydrogen (secondary N) is 1. The average molecular weight is 474 g/mol. The first kappa shape index (κ1) is 22.4. The van der Waals surface area contributed by atoms with E-state index in [0.29, 0.717) is 16.5 Å². The van der Waals surface area contributed by atoms with Crippen molar-refractivity contribution in [3.8, 4) is 0 Å². The highest BCUT2D eigenvalue weighted by atomic mass is 32.2.